The lowest BCUT2D eigenvalue weighted by atomic mass is 9.55. The molecule has 2 aromatic rings. The Balaban J connectivity index is 1.65. The zero-order valence-corrected chi connectivity index (χ0v) is 19.5. The van der Waals surface area contributed by atoms with E-state index in [-0.39, 0.29) is 31.7 Å². The van der Waals surface area contributed by atoms with E-state index in [1.807, 2.05) is 49.4 Å². The van der Waals surface area contributed by atoms with Gasteiger partial charge >= 0.3 is 11.9 Å². The molecule has 0 bridgehead atoms. The number of hydrogen-bond acceptors (Lipinski definition) is 5. The smallest absolute Gasteiger partial charge is 0.308 e. The van der Waals surface area contributed by atoms with Crippen molar-refractivity contribution in [3.05, 3.63) is 60.2 Å². The van der Waals surface area contributed by atoms with Crippen molar-refractivity contribution in [1.82, 2.24) is 10.6 Å². The first-order valence-corrected chi connectivity index (χ1v) is 11.6. The van der Waals surface area contributed by atoms with Crippen LogP contribution in [0.3, 0.4) is 0 Å². The molecule has 1 aliphatic rings. The minimum atomic E-state index is -1.12. The molecule has 9 heteroatoms. The number of nitrogens with one attached hydrogen (secondary N) is 2. The number of rotatable bonds is 12. The fourth-order valence-corrected chi connectivity index (χ4v) is 4.51. The highest BCUT2D eigenvalue weighted by Gasteiger charge is 2.61. The van der Waals surface area contributed by atoms with Crippen molar-refractivity contribution in [1.29, 1.82) is 0 Å². The second-order valence-electron chi connectivity index (χ2n) is 8.74. The highest BCUT2D eigenvalue weighted by molar-refractivity contribution is 5.90. The van der Waals surface area contributed by atoms with Crippen LogP contribution in [0.5, 0.6) is 11.5 Å². The predicted octanol–water partition coefficient (Wildman–Crippen LogP) is 3.34. The molecule has 2 aromatic carbocycles. The normalized spacial score (nSPS) is 20.8. The van der Waals surface area contributed by atoms with Gasteiger partial charge in [0, 0.05) is 13.0 Å². The van der Waals surface area contributed by atoms with Gasteiger partial charge in [0.2, 0.25) is 11.8 Å². The van der Waals surface area contributed by atoms with E-state index in [1.165, 1.54) is 0 Å². The van der Waals surface area contributed by atoms with E-state index in [0.29, 0.717) is 24.3 Å². The molecular formula is C26H30N2O7. The first kappa shape index (κ1) is 25.7. The summed E-state index contributed by atoms with van der Waals surface area (Å²) in [4.78, 5) is 48.0. The maximum atomic E-state index is 13.3. The van der Waals surface area contributed by atoms with Crippen LogP contribution in [-0.2, 0) is 25.7 Å². The van der Waals surface area contributed by atoms with Crippen LogP contribution >= 0.6 is 0 Å². The molecule has 3 rings (SSSR count). The minimum absolute atomic E-state index is 0.107. The third kappa shape index (κ3) is 6.38. The van der Waals surface area contributed by atoms with Crippen LogP contribution in [-0.4, -0.2) is 40.0 Å². The first-order chi connectivity index (χ1) is 16.7. The van der Waals surface area contributed by atoms with Crippen LogP contribution in [0.4, 0.5) is 0 Å². The lowest BCUT2D eigenvalue weighted by molar-refractivity contribution is -0.163. The Hall–Kier alpha value is -3.88. The van der Waals surface area contributed by atoms with Gasteiger partial charge in [-0.2, -0.15) is 0 Å². The molecule has 186 valence electrons. The zero-order valence-electron chi connectivity index (χ0n) is 19.5. The van der Waals surface area contributed by atoms with Crippen molar-refractivity contribution < 1.29 is 34.1 Å². The summed E-state index contributed by atoms with van der Waals surface area (Å²) in [7, 11) is 0. The largest absolute Gasteiger partial charge is 0.481 e. The Bertz CT molecular complexity index is 1060. The van der Waals surface area contributed by atoms with E-state index in [9.17, 15) is 24.3 Å². The van der Waals surface area contributed by atoms with Gasteiger partial charge in [0.25, 0.3) is 0 Å². The first-order valence-electron chi connectivity index (χ1n) is 11.6. The zero-order chi connectivity index (χ0) is 25.4. The average molecular weight is 483 g/mol. The Morgan fingerprint density at radius 1 is 0.971 bits per heavy atom. The van der Waals surface area contributed by atoms with Crippen LogP contribution in [0.1, 0.15) is 44.6 Å². The molecule has 4 N–H and O–H groups in total. The lowest BCUT2D eigenvalue weighted by Crippen LogP contribution is -2.68. The molecule has 3 unspecified atom stereocenters. The second-order valence-corrected chi connectivity index (χ2v) is 8.74. The van der Waals surface area contributed by atoms with Gasteiger partial charge in [-0.25, -0.2) is 0 Å². The van der Waals surface area contributed by atoms with Crippen molar-refractivity contribution in [2.45, 2.75) is 51.6 Å². The Labute approximate surface area is 203 Å². The Morgan fingerprint density at radius 2 is 1.63 bits per heavy atom. The van der Waals surface area contributed by atoms with E-state index in [2.05, 4.69) is 10.6 Å². The molecule has 1 aliphatic carbocycles. The van der Waals surface area contributed by atoms with E-state index in [0.717, 1.165) is 5.56 Å². The maximum absolute atomic E-state index is 13.3. The number of carbonyl (C=O) groups is 4. The number of ether oxygens (including phenoxy) is 1. The summed E-state index contributed by atoms with van der Waals surface area (Å²) in [5, 5.41) is 23.9. The second kappa shape index (κ2) is 11.5. The molecular weight excluding hydrogens is 452 g/mol. The third-order valence-electron chi connectivity index (χ3n) is 6.29. The van der Waals surface area contributed by atoms with Gasteiger partial charge in [0.1, 0.15) is 11.5 Å². The predicted molar refractivity (Wildman–Crippen MR) is 127 cm³/mol. The summed E-state index contributed by atoms with van der Waals surface area (Å²) in [5.41, 5.74) is -0.228. The number of amides is 2. The Kier molecular flexibility index (Phi) is 8.46. The van der Waals surface area contributed by atoms with Gasteiger partial charge in [-0.15, -0.1) is 0 Å². The summed E-state index contributed by atoms with van der Waals surface area (Å²) in [5.74, 6) is -2.67. The molecule has 0 saturated heterocycles. The number of carboxylic acid groups (broad SMARTS) is 2. The fourth-order valence-electron chi connectivity index (χ4n) is 4.51. The van der Waals surface area contributed by atoms with Crippen LogP contribution < -0.4 is 15.4 Å². The molecule has 1 fully saturated rings. The monoisotopic (exact) mass is 482 g/mol. The van der Waals surface area contributed by atoms with Crippen LogP contribution in [0.25, 0.3) is 0 Å². The van der Waals surface area contributed by atoms with Crippen molar-refractivity contribution in [3.63, 3.8) is 0 Å². The van der Waals surface area contributed by atoms with Crippen LogP contribution in [0.15, 0.2) is 54.6 Å². The van der Waals surface area contributed by atoms with Gasteiger partial charge < -0.3 is 25.6 Å². The minimum Gasteiger partial charge on any atom is -0.481 e. The van der Waals surface area contributed by atoms with Gasteiger partial charge in [0.05, 0.1) is 23.8 Å². The molecule has 2 amide bonds. The maximum Gasteiger partial charge on any atom is 0.308 e. The molecule has 1 saturated carbocycles. The van der Waals surface area contributed by atoms with Crippen LogP contribution in [0, 0.1) is 11.3 Å². The van der Waals surface area contributed by atoms with E-state index in [1.54, 1.807) is 12.1 Å². The van der Waals surface area contributed by atoms with Gasteiger partial charge in [0.15, 0.2) is 0 Å². The van der Waals surface area contributed by atoms with Crippen molar-refractivity contribution in [2.75, 3.05) is 0 Å². The fraction of sp³-hybridized carbons (Fsp3) is 0.385. The topological polar surface area (TPSA) is 142 Å². The molecule has 0 aliphatic heterocycles. The van der Waals surface area contributed by atoms with E-state index < -0.39 is 35.2 Å². The summed E-state index contributed by atoms with van der Waals surface area (Å²) < 4.78 is 5.77. The standard InChI is InChI=1S/C26H30N2O7/c1-2-14-26(15-20(24(32)33)23(26)28-21(29)12-13-22(30)31)25(34)27-16-17-8-10-19(11-9-17)35-18-6-4-3-5-7-18/h3-11,20,23H,2,12-16H2,1H3,(H,27,34)(H,28,29)(H,30,31)(H,32,33). The molecule has 3 atom stereocenters. The van der Waals surface area contributed by atoms with Crippen molar-refractivity contribution >= 4 is 23.8 Å². The quantitative estimate of drug-likeness (QED) is 0.363. The number of carboxylic acids is 2. The van der Waals surface area contributed by atoms with Crippen molar-refractivity contribution in [3.8, 4) is 11.5 Å². The molecule has 9 nitrogen and oxygen atoms in total. The molecule has 35 heavy (non-hydrogen) atoms. The van der Waals surface area contributed by atoms with E-state index >= 15 is 0 Å². The van der Waals surface area contributed by atoms with Gasteiger partial charge in [-0.05, 0) is 42.7 Å². The lowest BCUT2D eigenvalue weighted by Gasteiger charge is -2.52. The summed E-state index contributed by atoms with van der Waals surface area (Å²) >= 11 is 0. The molecule has 0 spiro atoms. The van der Waals surface area contributed by atoms with E-state index in [4.69, 9.17) is 9.84 Å². The number of hydrogen-bond donors (Lipinski definition) is 4. The average Bonchev–Trinajstić information content (AvgIpc) is 2.83. The highest BCUT2D eigenvalue weighted by Crippen LogP contribution is 2.49. The number of para-hydroxylation sites is 1. The van der Waals surface area contributed by atoms with Crippen molar-refractivity contribution in [2.24, 2.45) is 11.3 Å². The molecule has 0 radical (unpaired) electrons. The van der Waals surface area contributed by atoms with Gasteiger partial charge in [-0.3, -0.25) is 19.2 Å². The summed E-state index contributed by atoms with van der Waals surface area (Å²) in [6.07, 6.45) is 0.478. The summed E-state index contributed by atoms with van der Waals surface area (Å²) in [6.45, 7) is 2.12. The SMILES string of the molecule is CCCC1(C(=O)NCc2ccc(Oc3ccccc3)cc2)CC(C(=O)O)C1NC(=O)CCC(=O)O. The Morgan fingerprint density at radius 3 is 2.23 bits per heavy atom. The number of benzene rings is 2. The van der Waals surface area contributed by atoms with Crippen LogP contribution in [0.2, 0.25) is 0 Å². The molecule has 0 aromatic heterocycles. The van der Waals surface area contributed by atoms with Gasteiger partial charge in [-0.1, -0.05) is 43.7 Å². The number of carbonyl (C=O) groups excluding carboxylic acids is 2. The third-order valence-corrected chi connectivity index (χ3v) is 6.29. The molecule has 0 heterocycles. The number of aliphatic carboxylic acids is 2. The summed E-state index contributed by atoms with van der Waals surface area (Å²) in [6, 6.07) is 15.7. The highest BCUT2D eigenvalue weighted by atomic mass is 16.5.